The Morgan fingerprint density at radius 2 is 1.72 bits per heavy atom. The van der Waals surface area contributed by atoms with Crippen molar-refractivity contribution in [2.45, 2.75) is 6.42 Å². The topological polar surface area (TPSA) is 146 Å². The Balaban J connectivity index is 1.95. The maximum atomic E-state index is 13.3. The number of carbonyl (C=O) groups excluding carboxylic acids is 3. The van der Waals surface area contributed by atoms with Crippen LogP contribution in [0.3, 0.4) is 0 Å². The third-order valence-electron chi connectivity index (χ3n) is 4.82. The standard InChI is InChI=1S/C20H13N3O5S/c21-19(25)10-2-3-12-11(8-10)7-9-1-4-13(20(22)26)17(16(9)18(12)24)14-5-6-15(29-14)23(27)28/h1-6,8H,7H2,(H2,21,25)(H2,22,26). The first-order chi connectivity index (χ1) is 13.8. The molecule has 0 saturated carbocycles. The molecule has 4 rings (SSSR count). The molecule has 144 valence electrons. The van der Waals surface area contributed by atoms with Gasteiger partial charge in [-0.1, -0.05) is 17.4 Å². The van der Waals surface area contributed by atoms with E-state index < -0.39 is 16.7 Å². The number of hydrogen-bond acceptors (Lipinski definition) is 6. The van der Waals surface area contributed by atoms with Crippen LogP contribution in [0.1, 0.15) is 47.8 Å². The van der Waals surface area contributed by atoms with Crippen molar-refractivity contribution in [3.8, 4) is 10.4 Å². The van der Waals surface area contributed by atoms with Gasteiger partial charge in [-0.05, 0) is 47.9 Å². The molecule has 1 aromatic heterocycles. The molecule has 1 heterocycles. The molecule has 0 unspecified atom stereocenters. The van der Waals surface area contributed by atoms with Crippen molar-refractivity contribution in [1.29, 1.82) is 0 Å². The number of benzene rings is 2. The maximum absolute atomic E-state index is 13.3. The van der Waals surface area contributed by atoms with E-state index in [2.05, 4.69) is 0 Å². The highest BCUT2D eigenvalue weighted by atomic mass is 32.1. The Bertz CT molecular complexity index is 1240. The highest BCUT2D eigenvalue weighted by molar-refractivity contribution is 7.18. The Hall–Kier alpha value is -3.85. The average molecular weight is 407 g/mol. The van der Waals surface area contributed by atoms with E-state index in [-0.39, 0.29) is 21.9 Å². The molecular weight excluding hydrogens is 394 g/mol. The van der Waals surface area contributed by atoms with E-state index in [4.69, 9.17) is 11.5 Å². The van der Waals surface area contributed by atoms with E-state index in [0.29, 0.717) is 39.1 Å². The molecule has 0 fully saturated rings. The van der Waals surface area contributed by atoms with Crippen molar-refractivity contribution >= 4 is 33.9 Å². The monoisotopic (exact) mass is 407 g/mol. The van der Waals surface area contributed by atoms with E-state index in [0.717, 1.165) is 11.3 Å². The molecule has 0 atom stereocenters. The molecule has 2 amide bonds. The lowest BCUT2D eigenvalue weighted by Gasteiger charge is -2.22. The van der Waals surface area contributed by atoms with Gasteiger partial charge in [0.15, 0.2) is 5.78 Å². The van der Waals surface area contributed by atoms with E-state index >= 15 is 0 Å². The number of rotatable bonds is 4. The zero-order chi connectivity index (χ0) is 20.9. The van der Waals surface area contributed by atoms with Crippen molar-refractivity contribution in [2.24, 2.45) is 11.5 Å². The summed E-state index contributed by atoms with van der Waals surface area (Å²) in [4.78, 5) is 47.8. The minimum Gasteiger partial charge on any atom is -0.366 e. The van der Waals surface area contributed by atoms with Gasteiger partial charge in [0.2, 0.25) is 11.8 Å². The second kappa shape index (κ2) is 6.64. The average Bonchev–Trinajstić information content (AvgIpc) is 3.17. The van der Waals surface area contributed by atoms with Crippen molar-refractivity contribution in [2.75, 3.05) is 0 Å². The quantitative estimate of drug-likeness (QED) is 0.394. The highest BCUT2D eigenvalue weighted by Crippen LogP contribution is 2.41. The number of fused-ring (bicyclic) bond motifs is 2. The lowest BCUT2D eigenvalue weighted by molar-refractivity contribution is -0.380. The molecule has 1 aliphatic rings. The van der Waals surface area contributed by atoms with Gasteiger partial charge in [0.05, 0.1) is 4.92 Å². The Morgan fingerprint density at radius 3 is 2.34 bits per heavy atom. The van der Waals surface area contributed by atoms with Gasteiger partial charge >= 0.3 is 5.00 Å². The van der Waals surface area contributed by atoms with Gasteiger partial charge in [-0.2, -0.15) is 0 Å². The zero-order valence-corrected chi connectivity index (χ0v) is 15.6. The van der Waals surface area contributed by atoms with Gasteiger partial charge in [0.25, 0.3) is 0 Å². The van der Waals surface area contributed by atoms with Gasteiger partial charge in [-0.25, -0.2) is 0 Å². The van der Waals surface area contributed by atoms with Crippen molar-refractivity contribution < 1.29 is 19.3 Å². The van der Waals surface area contributed by atoms with Gasteiger partial charge in [0, 0.05) is 38.8 Å². The van der Waals surface area contributed by atoms with Crippen LogP contribution in [0.4, 0.5) is 5.00 Å². The summed E-state index contributed by atoms with van der Waals surface area (Å²) in [6.07, 6.45) is 0.344. The van der Waals surface area contributed by atoms with Gasteiger partial charge in [-0.3, -0.25) is 24.5 Å². The normalized spacial score (nSPS) is 12.2. The zero-order valence-electron chi connectivity index (χ0n) is 14.8. The number of hydrogen-bond donors (Lipinski definition) is 2. The molecule has 0 aliphatic heterocycles. The van der Waals surface area contributed by atoms with Gasteiger partial charge in [-0.15, -0.1) is 0 Å². The number of primary amides is 2. The molecule has 2 aromatic carbocycles. The molecular formula is C20H13N3O5S. The van der Waals surface area contributed by atoms with Crippen LogP contribution in [0.15, 0.2) is 42.5 Å². The minimum atomic E-state index is -0.735. The van der Waals surface area contributed by atoms with E-state index in [1.165, 1.54) is 30.3 Å². The molecule has 0 spiro atoms. The van der Waals surface area contributed by atoms with Crippen LogP contribution in [-0.2, 0) is 6.42 Å². The van der Waals surface area contributed by atoms with Crippen LogP contribution in [-0.4, -0.2) is 22.5 Å². The summed E-state index contributed by atoms with van der Waals surface area (Å²) in [5, 5.41) is 11.0. The largest absolute Gasteiger partial charge is 0.366 e. The van der Waals surface area contributed by atoms with Crippen molar-refractivity contribution in [3.05, 3.63) is 86.0 Å². The summed E-state index contributed by atoms with van der Waals surface area (Å²) < 4.78 is 0. The fourth-order valence-corrected chi connectivity index (χ4v) is 4.41. The van der Waals surface area contributed by atoms with Crippen LogP contribution in [0, 0.1) is 10.1 Å². The molecule has 0 saturated heterocycles. The SMILES string of the molecule is NC(=O)c1ccc2c(c1)Cc1ccc(C(N)=O)c(-c3ccc([N+](=O)[O-])s3)c1C2=O. The summed E-state index contributed by atoms with van der Waals surface area (Å²) in [6.45, 7) is 0. The number of ketones is 1. The number of carbonyl (C=O) groups is 3. The first kappa shape index (κ1) is 18.5. The number of nitrogens with zero attached hydrogens (tertiary/aromatic N) is 1. The summed E-state index contributed by atoms with van der Waals surface area (Å²) in [5.74, 6) is -1.67. The molecule has 8 nitrogen and oxygen atoms in total. The molecule has 1 aliphatic carbocycles. The van der Waals surface area contributed by atoms with E-state index in [1.54, 1.807) is 12.1 Å². The molecule has 9 heteroatoms. The predicted molar refractivity (Wildman–Crippen MR) is 106 cm³/mol. The lowest BCUT2D eigenvalue weighted by atomic mass is 9.80. The van der Waals surface area contributed by atoms with Crippen LogP contribution in [0.2, 0.25) is 0 Å². The fourth-order valence-electron chi connectivity index (χ4n) is 3.53. The number of nitrogens with two attached hydrogens (primary N) is 2. The third-order valence-corrected chi connectivity index (χ3v) is 5.87. The van der Waals surface area contributed by atoms with Crippen LogP contribution >= 0.6 is 11.3 Å². The molecule has 0 radical (unpaired) electrons. The maximum Gasteiger partial charge on any atom is 0.324 e. The Kier molecular flexibility index (Phi) is 4.24. The van der Waals surface area contributed by atoms with Crippen LogP contribution in [0.5, 0.6) is 0 Å². The fraction of sp³-hybridized carbons (Fsp3) is 0.0500. The van der Waals surface area contributed by atoms with Crippen LogP contribution < -0.4 is 11.5 Å². The smallest absolute Gasteiger partial charge is 0.324 e. The molecule has 4 N–H and O–H groups in total. The lowest BCUT2D eigenvalue weighted by Crippen LogP contribution is -2.21. The third kappa shape index (κ3) is 2.97. The highest BCUT2D eigenvalue weighted by Gasteiger charge is 2.30. The summed E-state index contributed by atoms with van der Waals surface area (Å²) >= 11 is 0.868. The van der Waals surface area contributed by atoms with Crippen molar-refractivity contribution in [3.63, 3.8) is 0 Å². The number of nitro groups is 1. The summed E-state index contributed by atoms with van der Waals surface area (Å²) in [5.41, 5.74) is 13.5. The predicted octanol–water partition coefficient (Wildman–Crippen LogP) is 2.66. The first-order valence-electron chi connectivity index (χ1n) is 8.45. The summed E-state index contributed by atoms with van der Waals surface area (Å²) in [6, 6.07) is 10.6. The number of amides is 2. The minimum absolute atomic E-state index is 0.109. The first-order valence-corrected chi connectivity index (χ1v) is 9.27. The van der Waals surface area contributed by atoms with Gasteiger partial charge < -0.3 is 11.5 Å². The van der Waals surface area contributed by atoms with Gasteiger partial charge in [0.1, 0.15) is 0 Å². The molecule has 3 aromatic rings. The number of thiophene rings is 1. The van der Waals surface area contributed by atoms with Crippen LogP contribution in [0.25, 0.3) is 10.4 Å². The Morgan fingerprint density at radius 1 is 0.966 bits per heavy atom. The summed E-state index contributed by atoms with van der Waals surface area (Å²) in [7, 11) is 0. The molecule has 29 heavy (non-hydrogen) atoms. The van der Waals surface area contributed by atoms with E-state index in [1.807, 2.05) is 0 Å². The van der Waals surface area contributed by atoms with Crippen molar-refractivity contribution in [1.82, 2.24) is 0 Å². The molecule has 0 bridgehead atoms. The van der Waals surface area contributed by atoms with E-state index in [9.17, 15) is 24.5 Å². The second-order valence-corrected chi connectivity index (χ2v) is 7.59. The second-order valence-electron chi connectivity index (χ2n) is 6.52. The Labute approximate surface area is 167 Å².